The van der Waals surface area contributed by atoms with Gasteiger partial charge in [-0.05, 0) is 54.8 Å². The zero-order chi connectivity index (χ0) is 11.4. The lowest BCUT2D eigenvalue weighted by Gasteiger charge is -2.26. The van der Waals surface area contributed by atoms with Gasteiger partial charge >= 0.3 is 0 Å². The molecule has 0 aliphatic heterocycles. The summed E-state index contributed by atoms with van der Waals surface area (Å²) in [6, 6.07) is 7.60. The zero-order valence-corrected chi connectivity index (χ0v) is 9.08. The molecule has 1 aromatic carbocycles. The van der Waals surface area contributed by atoms with Crippen molar-refractivity contribution in [2.75, 3.05) is 0 Å². The maximum atomic E-state index is 9.21. The average molecular weight is 217 g/mol. The quantitative estimate of drug-likeness (QED) is 0.457. The summed E-state index contributed by atoms with van der Waals surface area (Å²) < 4.78 is 0. The van der Waals surface area contributed by atoms with Gasteiger partial charge in [0.2, 0.25) is 0 Å². The fourth-order valence-corrected chi connectivity index (χ4v) is 2.34. The minimum absolute atomic E-state index is 0.179. The van der Waals surface area contributed by atoms with Crippen LogP contribution < -0.4 is 0 Å². The molecule has 1 aliphatic carbocycles. The fraction of sp³-hybridized carbons (Fsp3) is 0.500. The molecule has 4 heteroatoms. The highest BCUT2D eigenvalue weighted by molar-refractivity contribution is 5.28. The lowest BCUT2D eigenvalue weighted by molar-refractivity contribution is 0.394. The van der Waals surface area contributed by atoms with E-state index in [9.17, 15) is 5.11 Å². The average Bonchev–Trinajstić information content (AvgIpc) is 2.32. The first kappa shape index (κ1) is 10.8. The Kier molecular flexibility index (Phi) is 3.32. The van der Waals surface area contributed by atoms with Gasteiger partial charge in [0.15, 0.2) is 0 Å². The molecule has 1 N–H and O–H groups in total. The standard InChI is InChI=1S/C12H15N3O/c13-15-14-11-5-1-9(2-6-11)10-3-7-12(16)8-4-10/h3-4,7-9,11,16H,1-2,5-6H2. The Labute approximate surface area is 94.5 Å². The fourth-order valence-electron chi connectivity index (χ4n) is 2.34. The summed E-state index contributed by atoms with van der Waals surface area (Å²) in [5.41, 5.74) is 9.64. The molecule has 16 heavy (non-hydrogen) atoms. The number of nitrogens with zero attached hydrogens (tertiary/aromatic N) is 3. The Bertz CT molecular complexity index is 387. The van der Waals surface area contributed by atoms with Crippen molar-refractivity contribution in [3.05, 3.63) is 40.3 Å². The molecule has 0 aromatic heterocycles. The lowest BCUT2D eigenvalue weighted by atomic mass is 9.82. The van der Waals surface area contributed by atoms with Gasteiger partial charge in [0.05, 0.1) is 0 Å². The van der Waals surface area contributed by atoms with Crippen molar-refractivity contribution in [3.8, 4) is 5.75 Å². The van der Waals surface area contributed by atoms with E-state index in [1.54, 1.807) is 12.1 Å². The van der Waals surface area contributed by atoms with Crippen molar-refractivity contribution in [3.63, 3.8) is 0 Å². The molecule has 0 radical (unpaired) electrons. The largest absolute Gasteiger partial charge is 0.508 e. The van der Waals surface area contributed by atoms with E-state index in [2.05, 4.69) is 10.0 Å². The van der Waals surface area contributed by atoms with Gasteiger partial charge in [-0.25, -0.2) is 0 Å². The van der Waals surface area contributed by atoms with Gasteiger partial charge in [-0.2, -0.15) is 0 Å². The molecule has 4 nitrogen and oxygen atoms in total. The minimum atomic E-state index is 0.179. The summed E-state index contributed by atoms with van der Waals surface area (Å²) in [5, 5.41) is 13.0. The second-order valence-corrected chi connectivity index (χ2v) is 4.30. The second-order valence-electron chi connectivity index (χ2n) is 4.30. The van der Waals surface area contributed by atoms with Crippen molar-refractivity contribution >= 4 is 0 Å². The molecule has 0 heterocycles. The van der Waals surface area contributed by atoms with Crippen molar-refractivity contribution in [1.29, 1.82) is 0 Å². The highest BCUT2D eigenvalue weighted by Gasteiger charge is 2.21. The van der Waals surface area contributed by atoms with Crippen LogP contribution in [0.2, 0.25) is 0 Å². The van der Waals surface area contributed by atoms with Crippen LogP contribution in [0.3, 0.4) is 0 Å². The Balaban J connectivity index is 1.98. The maximum Gasteiger partial charge on any atom is 0.115 e. The molecular weight excluding hydrogens is 202 g/mol. The monoisotopic (exact) mass is 217 g/mol. The van der Waals surface area contributed by atoms with Gasteiger partial charge in [-0.15, -0.1) is 0 Å². The third-order valence-corrected chi connectivity index (χ3v) is 3.28. The van der Waals surface area contributed by atoms with Crippen LogP contribution in [0.15, 0.2) is 29.4 Å². The first-order chi connectivity index (χ1) is 7.79. The van der Waals surface area contributed by atoms with E-state index in [0.29, 0.717) is 11.7 Å². The lowest BCUT2D eigenvalue weighted by Crippen LogP contribution is -2.15. The molecule has 84 valence electrons. The Hall–Kier alpha value is -1.67. The van der Waals surface area contributed by atoms with Crippen LogP contribution in [-0.2, 0) is 0 Å². The van der Waals surface area contributed by atoms with Gasteiger partial charge in [0, 0.05) is 11.0 Å². The van der Waals surface area contributed by atoms with Crippen LogP contribution in [0, 0.1) is 0 Å². The van der Waals surface area contributed by atoms with Crippen molar-refractivity contribution < 1.29 is 5.11 Å². The number of aromatic hydroxyl groups is 1. The van der Waals surface area contributed by atoms with Gasteiger partial charge in [-0.3, -0.25) is 0 Å². The van der Waals surface area contributed by atoms with Crippen LogP contribution in [0.5, 0.6) is 5.75 Å². The summed E-state index contributed by atoms with van der Waals surface area (Å²) >= 11 is 0. The van der Waals surface area contributed by atoms with E-state index in [1.807, 2.05) is 12.1 Å². The summed E-state index contributed by atoms with van der Waals surface area (Å²) in [6.07, 6.45) is 4.06. The van der Waals surface area contributed by atoms with Crippen LogP contribution in [0.4, 0.5) is 0 Å². The van der Waals surface area contributed by atoms with E-state index in [-0.39, 0.29) is 6.04 Å². The number of phenols is 1. The maximum absolute atomic E-state index is 9.21. The molecule has 0 atom stereocenters. The molecule has 0 amide bonds. The number of hydrogen-bond acceptors (Lipinski definition) is 2. The summed E-state index contributed by atoms with van der Waals surface area (Å²) in [5.74, 6) is 0.859. The molecule has 1 saturated carbocycles. The van der Waals surface area contributed by atoms with Crippen molar-refractivity contribution in [2.24, 2.45) is 5.11 Å². The van der Waals surface area contributed by atoms with E-state index >= 15 is 0 Å². The SMILES string of the molecule is [N-]=[N+]=NC1CCC(c2ccc(O)cc2)CC1. The molecule has 0 unspecified atom stereocenters. The zero-order valence-electron chi connectivity index (χ0n) is 9.08. The molecule has 0 spiro atoms. The second kappa shape index (κ2) is 4.90. The van der Waals surface area contributed by atoms with Gasteiger partial charge in [0.1, 0.15) is 5.75 Å². The smallest absolute Gasteiger partial charge is 0.115 e. The number of azide groups is 1. The van der Waals surface area contributed by atoms with E-state index in [0.717, 1.165) is 25.7 Å². The minimum Gasteiger partial charge on any atom is -0.508 e. The normalized spacial score (nSPS) is 24.8. The third-order valence-electron chi connectivity index (χ3n) is 3.28. The number of hydrogen-bond donors (Lipinski definition) is 1. The Morgan fingerprint density at radius 3 is 2.31 bits per heavy atom. The number of rotatable bonds is 2. The van der Waals surface area contributed by atoms with Crippen LogP contribution in [0.25, 0.3) is 10.4 Å². The van der Waals surface area contributed by atoms with Crippen molar-refractivity contribution in [2.45, 2.75) is 37.6 Å². The van der Waals surface area contributed by atoms with Crippen LogP contribution >= 0.6 is 0 Å². The predicted molar refractivity (Wildman–Crippen MR) is 62.2 cm³/mol. The first-order valence-electron chi connectivity index (χ1n) is 5.62. The summed E-state index contributed by atoms with van der Waals surface area (Å²) in [7, 11) is 0. The molecular formula is C12H15N3O. The third kappa shape index (κ3) is 2.47. The van der Waals surface area contributed by atoms with Gasteiger partial charge in [0.25, 0.3) is 0 Å². The molecule has 2 rings (SSSR count). The topological polar surface area (TPSA) is 69.0 Å². The highest BCUT2D eigenvalue weighted by atomic mass is 16.3. The Morgan fingerprint density at radius 2 is 1.75 bits per heavy atom. The van der Waals surface area contributed by atoms with Gasteiger partial charge < -0.3 is 5.11 Å². The van der Waals surface area contributed by atoms with E-state index in [1.165, 1.54) is 5.56 Å². The predicted octanol–water partition coefficient (Wildman–Crippen LogP) is 3.73. The number of phenolic OH excluding ortho intramolecular Hbond substituents is 1. The molecule has 0 saturated heterocycles. The molecule has 1 aliphatic rings. The highest BCUT2D eigenvalue weighted by Crippen LogP contribution is 2.34. The number of benzene rings is 1. The van der Waals surface area contributed by atoms with Crippen LogP contribution in [-0.4, -0.2) is 11.1 Å². The molecule has 1 fully saturated rings. The van der Waals surface area contributed by atoms with E-state index < -0.39 is 0 Å². The van der Waals surface area contributed by atoms with Crippen molar-refractivity contribution in [1.82, 2.24) is 0 Å². The van der Waals surface area contributed by atoms with Gasteiger partial charge in [-0.1, -0.05) is 17.2 Å². The van der Waals surface area contributed by atoms with E-state index in [4.69, 9.17) is 5.53 Å². The Morgan fingerprint density at radius 1 is 1.12 bits per heavy atom. The molecule has 1 aromatic rings. The summed E-state index contributed by atoms with van der Waals surface area (Å²) in [4.78, 5) is 2.86. The van der Waals surface area contributed by atoms with Crippen LogP contribution in [0.1, 0.15) is 37.2 Å². The molecule has 0 bridgehead atoms. The first-order valence-corrected chi connectivity index (χ1v) is 5.62. The summed E-state index contributed by atoms with van der Waals surface area (Å²) in [6.45, 7) is 0.